The van der Waals surface area contributed by atoms with E-state index in [1.807, 2.05) is 13.8 Å². The molecule has 0 saturated carbocycles. The second kappa shape index (κ2) is 3.51. The van der Waals surface area contributed by atoms with Crippen molar-refractivity contribution in [2.75, 3.05) is 14.1 Å². The normalized spacial score (nSPS) is 9.85. The summed E-state index contributed by atoms with van der Waals surface area (Å²) in [5, 5.41) is 7.61. The van der Waals surface area contributed by atoms with E-state index in [-0.39, 0.29) is 5.91 Å². The maximum Gasteiger partial charge on any atom is 0.255 e. The second-order valence-corrected chi connectivity index (χ2v) is 3.17. The van der Waals surface area contributed by atoms with Crippen molar-refractivity contribution >= 4 is 5.91 Å². The molecule has 0 radical (unpaired) electrons. The number of hydrogen-bond acceptors (Lipinski definition) is 3. The van der Waals surface area contributed by atoms with Gasteiger partial charge in [0.1, 0.15) is 0 Å². The first kappa shape index (κ1) is 9.64. The maximum atomic E-state index is 11.6. The minimum absolute atomic E-state index is 0.0319. The highest BCUT2D eigenvalue weighted by Gasteiger charge is 2.12. The molecule has 0 aliphatic carbocycles. The van der Waals surface area contributed by atoms with Crippen LogP contribution in [0.5, 0.6) is 0 Å². The molecule has 0 aliphatic rings. The molecule has 1 heterocycles. The molecule has 1 amide bonds. The number of aryl methyl sites for hydroxylation is 1. The van der Waals surface area contributed by atoms with E-state index in [0.29, 0.717) is 5.56 Å². The summed E-state index contributed by atoms with van der Waals surface area (Å²) in [6.07, 6.45) is 1.50. The SMILES string of the molecule is Cc1nncc(C(=O)N(C)C)c1C. The Bertz CT molecular complexity index is 334. The average molecular weight is 179 g/mol. The molecule has 70 valence electrons. The minimum atomic E-state index is -0.0319. The lowest BCUT2D eigenvalue weighted by Crippen LogP contribution is -2.23. The van der Waals surface area contributed by atoms with Crippen LogP contribution in [0.15, 0.2) is 6.20 Å². The van der Waals surface area contributed by atoms with Gasteiger partial charge in [0.05, 0.1) is 17.5 Å². The third kappa shape index (κ3) is 1.83. The summed E-state index contributed by atoms with van der Waals surface area (Å²) < 4.78 is 0. The maximum absolute atomic E-state index is 11.6. The summed E-state index contributed by atoms with van der Waals surface area (Å²) in [5.41, 5.74) is 2.32. The van der Waals surface area contributed by atoms with Crippen molar-refractivity contribution in [3.8, 4) is 0 Å². The molecule has 0 aromatic carbocycles. The highest BCUT2D eigenvalue weighted by molar-refractivity contribution is 5.95. The van der Waals surface area contributed by atoms with E-state index in [0.717, 1.165) is 11.3 Å². The molecule has 0 N–H and O–H groups in total. The van der Waals surface area contributed by atoms with Crippen LogP contribution < -0.4 is 0 Å². The topological polar surface area (TPSA) is 46.1 Å². The van der Waals surface area contributed by atoms with Gasteiger partial charge in [-0.2, -0.15) is 10.2 Å². The Kier molecular flexibility index (Phi) is 2.60. The smallest absolute Gasteiger partial charge is 0.255 e. The van der Waals surface area contributed by atoms with Crippen LogP contribution in [-0.4, -0.2) is 35.1 Å². The van der Waals surface area contributed by atoms with Crippen LogP contribution >= 0.6 is 0 Å². The summed E-state index contributed by atoms with van der Waals surface area (Å²) in [5.74, 6) is -0.0319. The molecule has 0 bridgehead atoms. The van der Waals surface area contributed by atoms with Crippen molar-refractivity contribution in [2.45, 2.75) is 13.8 Å². The molecular weight excluding hydrogens is 166 g/mol. The van der Waals surface area contributed by atoms with Crippen molar-refractivity contribution in [3.05, 3.63) is 23.0 Å². The first-order valence-electron chi connectivity index (χ1n) is 4.04. The number of hydrogen-bond donors (Lipinski definition) is 0. The van der Waals surface area contributed by atoms with Crippen LogP contribution in [0, 0.1) is 13.8 Å². The Hall–Kier alpha value is -1.45. The van der Waals surface area contributed by atoms with Gasteiger partial charge in [-0.05, 0) is 19.4 Å². The lowest BCUT2D eigenvalue weighted by atomic mass is 10.1. The zero-order valence-corrected chi connectivity index (χ0v) is 8.33. The average Bonchev–Trinajstić information content (AvgIpc) is 2.08. The molecule has 4 heteroatoms. The molecule has 4 nitrogen and oxygen atoms in total. The van der Waals surface area contributed by atoms with Crippen LogP contribution in [0.1, 0.15) is 21.6 Å². The van der Waals surface area contributed by atoms with Crippen molar-refractivity contribution in [1.82, 2.24) is 15.1 Å². The van der Waals surface area contributed by atoms with Crippen molar-refractivity contribution in [3.63, 3.8) is 0 Å². The summed E-state index contributed by atoms with van der Waals surface area (Å²) in [6.45, 7) is 3.72. The standard InChI is InChI=1S/C9H13N3O/c1-6-7(2)11-10-5-8(6)9(13)12(3)4/h5H,1-4H3. The number of aromatic nitrogens is 2. The fraction of sp³-hybridized carbons (Fsp3) is 0.444. The molecule has 0 aliphatic heterocycles. The molecule has 1 aromatic heterocycles. The Morgan fingerprint density at radius 1 is 1.38 bits per heavy atom. The van der Waals surface area contributed by atoms with Crippen LogP contribution in [0.25, 0.3) is 0 Å². The summed E-state index contributed by atoms with van der Waals surface area (Å²) in [4.78, 5) is 13.1. The predicted octanol–water partition coefficient (Wildman–Crippen LogP) is 0.795. The third-order valence-electron chi connectivity index (χ3n) is 1.98. The quantitative estimate of drug-likeness (QED) is 0.640. The lowest BCUT2D eigenvalue weighted by molar-refractivity contribution is 0.0826. The molecule has 1 aromatic rings. The van der Waals surface area contributed by atoms with Gasteiger partial charge in [0.25, 0.3) is 5.91 Å². The molecule has 0 atom stereocenters. The fourth-order valence-electron chi connectivity index (χ4n) is 0.996. The fourth-order valence-corrected chi connectivity index (χ4v) is 0.996. The van der Waals surface area contributed by atoms with Gasteiger partial charge in [0, 0.05) is 14.1 Å². The van der Waals surface area contributed by atoms with Crippen molar-refractivity contribution in [1.29, 1.82) is 0 Å². The van der Waals surface area contributed by atoms with Crippen molar-refractivity contribution in [2.24, 2.45) is 0 Å². The molecule has 0 spiro atoms. The van der Waals surface area contributed by atoms with E-state index in [9.17, 15) is 4.79 Å². The van der Waals surface area contributed by atoms with Gasteiger partial charge < -0.3 is 4.90 Å². The highest BCUT2D eigenvalue weighted by Crippen LogP contribution is 2.09. The van der Waals surface area contributed by atoms with E-state index in [4.69, 9.17) is 0 Å². The Morgan fingerprint density at radius 3 is 2.54 bits per heavy atom. The monoisotopic (exact) mass is 179 g/mol. The second-order valence-electron chi connectivity index (χ2n) is 3.17. The van der Waals surface area contributed by atoms with Crippen LogP contribution in [0.4, 0.5) is 0 Å². The van der Waals surface area contributed by atoms with E-state index in [1.54, 1.807) is 14.1 Å². The van der Waals surface area contributed by atoms with Crippen LogP contribution in [0.2, 0.25) is 0 Å². The highest BCUT2D eigenvalue weighted by atomic mass is 16.2. The summed E-state index contributed by atoms with van der Waals surface area (Å²) in [7, 11) is 3.44. The van der Waals surface area contributed by atoms with Gasteiger partial charge in [-0.25, -0.2) is 0 Å². The van der Waals surface area contributed by atoms with E-state index >= 15 is 0 Å². The Balaban J connectivity index is 3.15. The van der Waals surface area contributed by atoms with Gasteiger partial charge in [0.15, 0.2) is 0 Å². The number of rotatable bonds is 1. The Labute approximate surface area is 77.6 Å². The zero-order chi connectivity index (χ0) is 10.0. The number of nitrogens with zero attached hydrogens (tertiary/aromatic N) is 3. The van der Waals surface area contributed by atoms with E-state index in [2.05, 4.69) is 10.2 Å². The molecule has 1 rings (SSSR count). The molecule has 0 saturated heterocycles. The van der Waals surface area contributed by atoms with E-state index < -0.39 is 0 Å². The van der Waals surface area contributed by atoms with Gasteiger partial charge in [-0.15, -0.1) is 0 Å². The van der Waals surface area contributed by atoms with E-state index in [1.165, 1.54) is 11.1 Å². The summed E-state index contributed by atoms with van der Waals surface area (Å²) >= 11 is 0. The van der Waals surface area contributed by atoms with Gasteiger partial charge >= 0.3 is 0 Å². The van der Waals surface area contributed by atoms with Gasteiger partial charge in [-0.3, -0.25) is 4.79 Å². The number of amides is 1. The molecular formula is C9H13N3O. The van der Waals surface area contributed by atoms with Gasteiger partial charge in [-0.1, -0.05) is 0 Å². The lowest BCUT2D eigenvalue weighted by Gasteiger charge is -2.12. The molecule has 0 fully saturated rings. The number of carbonyl (C=O) groups is 1. The molecule has 13 heavy (non-hydrogen) atoms. The van der Waals surface area contributed by atoms with Crippen LogP contribution in [-0.2, 0) is 0 Å². The number of carbonyl (C=O) groups excluding carboxylic acids is 1. The minimum Gasteiger partial charge on any atom is -0.345 e. The third-order valence-corrected chi connectivity index (χ3v) is 1.98. The first-order valence-corrected chi connectivity index (χ1v) is 4.04. The van der Waals surface area contributed by atoms with Crippen molar-refractivity contribution < 1.29 is 4.79 Å². The predicted molar refractivity (Wildman–Crippen MR) is 49.5 cm³/mol. The van der Waals surface area contributed by atoms with Crippen LogP contribution in [0.3, 0.4) is 0 Å². The Morgan fingerprint density at radius 2 is 2.00 bits per heavy atom. The largest absolute Gasteiger partial charge is 0.345 e. The summed E-state index contributed by atoms with van der Waals surface area (Å²) in [6, 6.07) is 0. The zero-order valence-electron chi connectivity index (χ0n) is 8.33. The molecule has 0 unspecified atom stereocenters. The van der Waals surface area contributed by atoms with Gasteiger partial charge in [0.2, 0.25) is 0 Å². The first-order chi connectivity index (χ1) is 6.04.